The minimum Gasteiger partial charge on any atom is -0.493 e. The minimum absolute atomic E-state index is 0.0140. The Kier molecular flexibility index (Phi) is 6.21. The number of hydrogen-bond acceptors (Lipinski definition) is 4. The van der Waals surface area contributed by atoms with Crippen molar-refractivity contribution in [3.8, 4) is 5.75 Å². The monoisotopic (exact) mass is 324 g/mol. The summed E-state index contributed by atoms with van der Waals surface area (Å²) in [5.41, 5.74) is 0.544. The Balaban J connectivity index is 1.98. The number of carbonyl (C=O) groups is 1. The fourth-order valence-corrected chi connectivity index (χ4v) is 2.76. The highest BCUT2D eigenvalue weighted by atomic mass is 35.5. The lowest BCUT2D eigenvalue weighted by Crippen LogP contribution is -2.07. The van der Waals surface area contributed by atoms with E-state index in [9.17, 15) is 4.79 Å². The lowest BCUT2D eigenvalue weighted by atomic mass is 10.1. The van der Waals surface area contributed by atoms with Crippen molar-refractivity contribution < 1.29 is 13.9 Å². The van der Waals surface area contributed by atoms with Crippen molar-refractivity contribution in [3.63, 3.8) is 0 Å². The van der Waals surface area contributed by atoms with Gasteiger partial charge in [0, 0.05) is 5.02 Å². The molecule has 0 aliphatic carbocycles. The van der Waals surface area contributed by atoms with E-state index in [1.807, 2.05) is 19.1 Å². The van der Waals surface area contributed by atoms with Crippen LogP contribution in [0.3, 0.4) is 0 Å². The summed E-state index contributed by atoms with van der Waals surface area (Å²) < 4.78 is 10.8. The molecule has 0 N–H and O–H groups in total. The molecule has 0 fully saturated rings. The molecule has 21 heavy (non-hydrogen) atoms. The number of thioether (sulfide) groups is 1. The number of benzene rings is 1. The van der Waals surface area contributed by atoms with Gasteiger partial charge in [-0.3, -0.25) is 4.79 Å². The fourth-order valence-electron chi connectivity index (χ4n) is 1.77. The summed E-state index contributed by atoms with van der Waals surface area (Å²) in [5.74, 6) is 2.51. The Morgan fingerprint density at radius 2 is 2.24 bits per heavy atom. The zero-order chi connectivity index (χ0) is 15.1. The lowest BCUT2D eigenvalue weighted by Gasteiger charge is -2.10. The van der Waals surface area contributed by atoms with Crippen molar-refractivity contribution >= 4 is 29.1 Å². The van der Waals surface area contributed by atoms with E-state index in [0.29, 0.717) is 34.4 Å². The molecule has 112 valence electrons. The number of Topliss-reactive ketones (excluding diaryl/α,β-unsaturated/α-hetero) is 1. The molecule has 1 aromatic carbocycles. The van der Waals surface area contributed by atoms with Gasteiger partial charge >= 0.3 is 0 Å². The molecule has 0 unspecified atom stereocenters. The van der Waals surface area contributed by atoms with Crippen molar-refractivity contribution in [2.45, 2.75) is 19.1 Å². The average molecular weight is 325 g/mol. The molecule has 1 aromatic heterocycles. The normalized spacial score (nSPS) is 10.6. The maximum atomic E-state index is 12.3. The number of rotatable bonds is 8. The Labute approximate surface area is 133 Å². The number of carbonyl (C=O) groups excluding carboxylic acids is 1. The highest BCUT2D eigenvalue weighted by Crippen LogP contribution is 2.25. The van der Waals surface area contributed by atoms with Crippen molar-refractivity contribution in [2.24, 2.45) is 0 Å². The van der Waals surface area contributed by atoms with Gasteiger partial charge in [0.1, 0.15) is 11.5 Å². The zero-order valence-electron chi connectivity index (χ0n) is 11.8. The number of hydrogen-bond donors (Lipinski definition) is 0. The largest absolute Gasteiger partial charge is 0.493 e. The second-order valence-electron chi connectivity index (χ2n) is 4.48. The second kappa shape index (κ2) is 8.15. The van der Waals surface area contributed by atoms with Gasteiger partial charge in [-0.05, 0) is 36.8 Å². The van der Waals surface area contributed by atoms with Gasteiger partial charge in [-0.15, -0.1) is 11.8 Å². The van der Waals surface area contributed by atoms with Crippen LogP contribution < -0.4 is 4.74 Å². The number of ether oxygens (including phenoxy) is 1. The third-order valence-electron chi connectivity index (χ3n) is 2.76. The molecule has 5 heteroatoms. The summed E-state index contributed by atoms with van der Waals surface area (Å²) in [6.07, 6.45) is 2.52. The quantitative estimate of drug-likeness (QED) is 0.651. The van der Waals surface area contributed by atoms with Crippen LogP contribution in [0.15, 0.2) is 41.0 Å². The van der Waals surface area contributed by atoms with E-state index in [4.69, 9.17) is 20.8 Å². The van der Waals surface area contributed by atoms with Crippen LogP contribution in [0.25, 0.3) is 0 Å². The van der Waals surface area contributed by atoms with Gasteiger partial charge in [-0.2, -0.15) is 0 Å². The highest BCUT2D eigenvalue weighted by Gasteiger charge is 2.14. The van der Waals surface area contributed by atoms with Crippen molar-refractivity contribution in [2.75, 3.05) is 12.4 Å². The summed E-state index contributed by atoms with van der Waals surface area (Å²) >= 11 is 7.49. The van der Waals surface area contributed by atoms with Gasteiger partial charge in [0.05, 0.1) is 29.9 Å². The molecule has 0 amide bonds. The summed E-state index contributed by atoms with van der Waals surface area (Å²) in [7, 11) is 0. The Morgan fingerprint density at radius 1 is 1.38 bits per heavy atom. The first-order chi connectivity index (χ1) is 10.2. The maximum absolute atomic E-state index is 12.3. The zero-order valence-corrected chi connectivity index (χ0v) is 13.4. The minimum atomic E-state index is 0.0140. The molecular weight excluding hydrogens is 308 g/mol. The number of halogens is 1. The van der Waals surface area contributed by atoms with Crippen molar-refractivity contribution in [1.82, 2.24) is 0 Å². The van der Waals surface area contributed by atoms with Crippen LogP contribution in [0.4, 0.5) is 0 Å². The van der Waals surface area contributed by atoms with Gasteiger partial charge < -0.3 is 9.15 Å². The van der Waals surface area contributed by atoms with Crippen molar-refractivity contribution in [1.29, 1.82) is 0 Å². The molecule has 3 nitrogen and oxygen atoms in total. The molecule has 2 aromatic rings. The fraction of sp³-hybridized carbons (Fsp3) is 0.312. The third kappa shape index (κ3) is 4.83. The standard InChI is InChI=1S/C16H17ClO3S/c1-2-7-20-16-6-5-12(17)9-14(16)15(18)11-21-10-13-4-3-8-19-13/h3-6,8-9H,2,7,10-11H2,1H3. The molecule has 0 atom stereocenters. The lowest BCUT2D eigenvalue weighted by molar-refractivity contribution is 0.101. The predicted octanol–water partition coefficient (Wildman–Crippen LogP) is 4.84. The molecule has 0 saturated carbocycles. The second-order valence-corrected chi connectivity index (χ2v) is 5.91. The first-order valence-electron chi connectivity index (χ1n) is 6.76. The van der Waals surface area contributed by atoms with Crippen LogP contribution >= 0.6 is 23.4 Å². The van der Waals surface area contributed by atoms with E-state index in [0.717, 1.165) is 12.2 Å². The summed E-state index contributed by atoms with van der Waals surface area (Å²) in [6, 6.07) is 8.89. The smallest absolute Gasteiger partial charge is 0.176 e. The van der Waals surface area contributed by atoms with E-state index in [2.05, 4.69) is 0 Å². The van der Waals surface area contributed by atoms with Crippen LogP contribution in [0, 0.1) is 0 Å². The van der Waals surface area contributed by atoms with Gasteiger partial charge in [-0.25, -0.2) is 0 Å². The van der Waals surface area contributed by atoms with E-state index < -0.39 is 0 Å². The van der Waals surface area contributed by atoms with E-state index >= 15 is 0 Å². The third-order valence-corrected chi connectivity index (χ3v) is 3.95. The van der Waals surface area contributed by atoms with Gasteiger partial charge in [0.15, 0.2) is 5.78 Å². The van der Waals surface area contributed by atoms with Crippen molar-refractivity contribution in [3.05, 3.63) is 52.9 Å². The molecule has 0 aliphatic rings. The van der Waals surface area contributed by atoms with E-state index in [-0.39, 0.29) is 5.78 Å². The molecule has 0 radical (unpaired) electrons. The summed E-state index contributed by atoms with van der Waals surface area (Å²) in [4.78, 5) is 12.3. The molecule has 0 saturated heterocycles. The maximum Gasteiger partial charge on any atom is 0.176 e. The first kappa shape index (κ1) is 16.0. The predicted molar refractivity (Wildman–Crippen MR) is 86.4 cm³/mol. The average Bonchev–Trinajstić information content (AvgIpc) is 2.99. The van der Waals surface area contributed by atoms with E-state index in [1.165, 1.54) is 11.8 Å². The highest BCUT2D eigenvalue weighted by molar-refractivity contribution is 7.99. The molecule has 2 rings (SSSR count). The summed E-state index contributed by atoms with van der Waals surface area (Å²) in [6.45, 7) is 2.61. The van der Waals surface area contributed by atoms with Crippen LogP contribution in [-0.2, 0) is 5.75 Å². The summed E-state index contributed by atoms with van der Waals surface area (Å²) in [5, 5.41) is 0.540. The van der Waals surface area contributed by atoms with Crippen LogP contribution in [-0.4, -0.2) is 18.1 Å². The molecular formula is C16H17ClO3S. The van der Waals surface area contributed by atoms with Crippen LogP contribution in [0.2, 0.25) is 5.02 Å². The van der Waals surface area contributed by atoms with Gasteiger partial charge in [0.2, 0.25) is 0 Å². The van der Waals surface area contributed by atoms with Crippen LogP contribution in [0.1, 0.15) is 29.5 Å². The van der Waals surface area contributed by atoms with Gasteiger partial charge in [0.25, 0.3) is 0 Å². The van der Waals surface area contributed by atoms with E-state index in [1.54, 1.807) is 24.5 Å². The Morgan fingerprint density at radius 3 is 2.95 bits per heavy atom. The van der Waals surface area contributed by atoms with Crippen LogP contribution in [0.5, 0.6) is 5.75 Å². The SMILES string of the molecule is CCCOc1ccc(Cl)cc1C(=O)CSCc1ccco1. The van der Waals surface area contributed by atoms with Gasteiger partial charge in [-0.1, -0.05) is 18.5 Å². The number of ketones is 1. The molecule has 0 aliphatic heterocycles. The molecule has 1 heterocycles. The molecule has 0 spiro atoms. The topological polar surface area (TPSA) is 39.4 Å². The number of furan rings is 1. The molecule has 0 bridgehead atoms. The Hall–Kier alpha value is -1.39. The Bertz CT molecular complexity index is 581. The first-order valence-corrected chi connectivity index (χ1v) is 8.29.